The van der Waals surface area contributed by atoms with Crippen LogP contribution in [0, 0.1) is 0 Å². The normalized spacial score (nSPS) is 13.2. The molecule has 1 amide bonds. The molecule has 2 N–H and O–H groups in total. The Morgan fingerprint density at radius 2 is 1.92 bits per heavy atom. The summed E-state index contributed by atoms with van der Waals surface area (Å²) >= 11 is 0. The van der Waals surface area contributed by atoms with Gasteiger partial charge in [-0.1, -0.05) is 6.07 Å². The van der Waals surface area contributed by atoms with E-state index in [1.54, 1.807) is 0 Å². The van der Waals surface area contributed by atoms with Gasteiger partial charge >= 0.3 is 0 Å². The Kier molecular flexibility index (Phi) is 5.28. The molecule has 0 aromatic heterocycles. The molecule has 0 saturated carbocycles. The summed E-state index contributed by atoms with van der Waals surface area (Å²) in [5.41, 5.74) is 1.83. The number of nitrogens with one attached hydrogen (secondary N) is 2. The van der Waals surface area contributed by atoms with Gasteiger partial charge in [0, 0.05) is 12.2 Å². The first kappa shape index (κ1) is 17.0. The minimum absolute atomic E-state index is 0.0773. The number of fused-ring (bicyclic) bond motifs is 1. The highest BCUT2D eigenvalue weighted by atomic mass is 16.7. The van der Waals surface area contributed by atoms with Gasteiger partial charge in [0.15, 0.2) is 11.5 Å². The minimum atomic E-state index is -0.355. The Morgan fingerprint density at radius 1 is 1.16 bits per heavy atom. The van der Waals surface area contributed by atoms with Crippen LogP contribution in [-0.2, 0) is 11.3 Å². The lowest BCUT2D eigenvalue weighted by atomic mass is 10.2. The number of carbonyl (C=O) groups excluding carboxylic acids is 1. The molecule has 0 fully saturated rings. The van der Waals surface area contributed by atoms with Crippen LogP contribution in [0.4, 0.5) is 5.69 Å². The first-order valence-electron chi connectivity index (χ1n) is 8.31. The summed E-state index contributed by atoms with van der Waals surface area (Å²) in [6, 6.07) is 12.8. The molecule has 2 aromatic carbocycles. The lowest BCUT2D eigenvalue weighted by Crippen LogP contribution is -2.37. The number of rotatable bonds is 7. The number of hydrogen-bond acceptors (Lipinski definition) is 5. The molecule has 0 radical (unpaired) electrons. The maximum absolute atomic E-state index is 12.3. The minimum Gasteiger partial charge on any atom is -0.494 e. The molecule has 25 heavy (non-hydrogen) atoms. The van der Waals surface area contributed by atoms with E-state index < -0.39 is 0 Å². The van der Waals surface area contributed by atoms with Crippen molar-refractivity contribution in [3.63, 3.8) is 0 Å². The quantitative estimate of drug-likeness (QED) is 0.810. The zero-order valence-corrected chi connectivity index (χ0v) is 14.4. The molecule has 0 saturated heterocycles. The van der Waals surface area contributed by atoms with E-state index in [4.69, 9.17) is 14.2 Å². The number of hydrogen-bond donors (Lipinski definition) is 2. The molecule has 2 aromatic rings. The van der Waals surface area contributed by atoms with Gasteiger partial charge in [0.25, 0.3) is 0 Å². The van der Waals surface area contributed by atoms with E-state index in [-0.39, 0.29) is 18.7 Å². The maximum atomic E-state index is 12.3. The topological polar surface area (TPSA) is 68.8 Å². The van der Waals surface area contributed by atoms with Gasteiger partial charge in [0.2, 0.25) is 12.7 Å². The van der Waals surface area contributed by atoms with E-state index in [2.05, 4.69) is 10.6 Å². The molecular weight excluding hydrogens is 320 g/mol. The fraction of sp³-hybridized carbons (Fsp3) is 0.316. The third-order valence-electron chi connectivity index (χ3n) is 3.85. The Balaban J connectivity index is 1.50. The smallest absolute Gasteiger partial charge is 0.242 e. The summed E-state index contributed by atoms with van der Waals surface area (Å²) in [5.74, 6) is 2.19. The zero-order valence-electron chi connectivity index (χ0n) is 14.4. The molecule has 1 atom stereocenters. The van der Waals surface area contributed by atoms with Crippen molar-refractivity contribution in [3.8, 4) is 17.2 Å². The van der Waals surface area contributed by atoms with E-state index in [9.17, 15) is 4.79 Å². The highest BCUT2D eigenvalue weighted by Gasteiger charge is 2.15. The highest BCUT2D eigenvalue weighted by molar-refractivity contribution is 5.84. The van der Waals surface area contributed by atoms with Crippen molar-refractivity contribution in [1.82, 2.24) is 5.32 Å². The van der Waals surface area contributed by atoms with Crippen molar-refractivity contribution >= 4 is 11.6 Å². The number of carbonyl (C=O) groups is 1. The molecular formula is C19H22N2O4. The van der Waals surface area contributed by atoms with Crippen LogP contribution >= 0.6 is 0 Å². The SMILES string of the molecule is CCOc1ccc(N[C@H](C)C(=O)NCc2ccc3c(c2)OCO3)cc1. The number of anilines is 1. The number of amides is 1. The monoisotopic (exact) mass is 342 g/mol. The third kappa shape index (κ3) is 4.35. The maximum Gasteiger partial charge on any atom is 0.242 e. The van der Waals surface area contributed by atoms with E-state index in [1.807, 2.05) is 56.3 Å². The second kappa shape index (κ2) is 7.79. The van der Waals surface area contributed by atoms with E-state index >= 15 is 0 Å². The van der Waals surface area contributed by atoms with Crippen LogP contribution in [0.5, 0.6) is 17.2 Å². The van der Waals surface area contributed by atoms with Crippen LogP contribution in [0.1, 0.15) is 19.4 Å². The average molecular weight is 342 g/mol. The molecule has 6 nitrogen and oxygen atoms in total. The second-order valence-electron chi connectivity index (χ2n) is 5.73. The van der Waals surface area contributed by atoms with Crippen molar-refractivity contribution in [2.24, 2.45) is 0 Å². The predicted octanol–water partition coefficient (Wildman–Crippen LogP) is 2.93. The molecule has 3 rings (SSSR count). The summed E-state index contributed by atoms with van der Waals surface area (Å²) in [7, 11) is 0. The van der Waals surface area contributed by atoms with Crippen LogP contribution in [0.15, 0.2) is 42.5 Å². The lowest BCUT2D eigenvalue weighted by molar-refractivity contribution is -0.121. The van der Waals surface area contributed by atoms with Gasteiger partial charge in [-0.05, 0) is 55.8 Å². The molecule has 0 aliphatic carbocycles. The van der Waals surface area contributed by atoms with Gasteiger partial charge in [-0.3, -0.25) is 4.79 Å². The van der Waals surface area contributed by atoms with E-state index in [1.165, 1.54) is 0 Å². The first-order chi connectivity index (χ1) is 12.2. The van der Waals surface area contributed by atoms with E-state index in [0.717, 1.165) is 22.7 Å². The molecule has 0 unspecified atom stereocenters. The molecule has 1 heterocycles. The molecule has 0 spiro atoms. The van der Waals surface area contributed by atoms with Gasteiger partial charge in [0.05, 0.1) is 6.61 Å². The summed E-state index contributed by atoms with van der Waals surface area (Å²) in [6.45, 7) is 5.08. The largest absolute Gasteiger partial charge is 0.494 e. The Hall–Kier alpha value is -2.89. The Labute approximate surface area is 147 Å². The third-order valence-corrected chi connectivity index (χ3v) is 3.85. The molecule has 6 heteroatoms. The molecule has 0 bridgehead atoms. The summed E-state index contributed by atoms with van der Waals surface area (Å²) < 4.78 is 16.0. The molecule has 132 valence electrons. The van der Waals surface area contributed by atoms with Gasteiger partial charge in [-0.2, -0.15) is 0 Å². The van der Waals surface area contributed by atoms with Crippen LogP contribution in [0.3, 0.4) is 0 Å². The Morgan fingerprint density at radius 3 is 2.68 bits per heavy atom. The molecule has 1 aliphatic rings. The van der Waals surface area contributed by atoms with Crippen molar-refractivity contribution < 1.29 is 19.0 Å². The summed E-state index contributed by atoms with van der Waals surface area (Å²) in [4.78, 5) is 12.3. The van der Waals surface area contributed by atoms with Gasteiger partial charge < -0.3 is 24.8 Å². The first-order valence-corrected chi connectivity index (χ1v) is 8.31. The fourth-order valence-electron chi connectivity index (χ4n) is 2.52. The van der Waals surface area contributed by atoms with Crippen molar-refractivity contribution in [2.75, 3.05) is 18.7 Å². The highest BCUT2D eigenvalue weighted by Crippen LogP contribution is 2.32. The average Bonchev–Trinajstić information content (AvgIpc) is 3.09. The standard InChI is InChI=1S/C19H22N2O4/c1-3-23-16-7-5-15(6-8-16)21-13(2)19(22)20-11-14-4-9-17-18(10-14)25-12-24-17/h4-10,13,21H,3,11-12H2,1-2H3,(H,20,22)/t13-/m1/s1. The van der Waals surface area contributed by atoms with Gasteiger partial charge in [0.1, 0.15) is 11.8 Å². The van der Waals surface area contributed by atoms with Crippen molar-refractivity contribution in [2.45, 2.75) is 26.4 Å². The van der Waals surface area contributed by atoms with E-state index in [0.29, 0.717) is 18.9 Å². The number of ether oxygens (including phenoxy) is 3. The predicted molar refractivity (Wildman–Crippen MR) is 95.1 cm³/mol. The van der Waals surface area contributed by atoms with Crippen LogP contribution < -0.4 is 24.8 Å². The summed E-state index contributed by atoms with van der Waals surface area (Å²) in [6.07, 6.45) is 0. The second-order valence-corrected chi connectivity index (χ2v) is 5.73. The zero-order chi connectivity index (χ0) is 17.6. The fourth-order valence-corrected chi connectivity index (χ4v) is 2.52. The van der Waals surface area contributed by atoms with Crippen molar-refractivity contribution in [1.29, 1.82) is 0 Å². The van der Waals surface area contributed by atoms with Gasteiger partial charge in [-0.15, -0.1) is 0 Å². The van der Waals surface area contributed by atoms with Crippen LogP contribution in [0.25, 0.3) is 0 Å². The van der Waals surface area contributed by atoms with Crippen molar-refractivity contribution in [3.05, 3.63) is 48.0 Å². The van der Waals surface area contributed by atoms with Crippen LogP contribution in [-0.4, -0.2) is 25.3 Å². The number of benzene rings is 2. The summed E-state index contributed by atoms with van der Waals surface area (Å²) in [5, 5.41) is 6.10. The molecule has 1 aliphatic heterocycles. The lowest BCUT2D eigenvalue weighted by Gasteiger charge is -2.16. The Bertz CT molecular complexity index is 731. The van der Waals surface area contributed by atoms with Crippen LogP contribution in [0.2, 0.25) is 0 Å². The van der Waals surface area contributed by atoms with Gasteiger partial charge in [-0.25, -0.2) is 0 Å².